The van der Waals surface area contributed by atoms with Gasteiger partial charge in [-0.1, -0.05) is 25.1 Å². The molecule has 76 valence electrons. The third-order valence-electron chi connectivity index (χ3n) is 2.21. The van der Waals surface area contributed by atoms with Crippen molar-refractivity contribution in [2.75, 3.05) is 6.54 Å². The van der Waals surface area contributed by atoms with E-state index >= 15 is 0 Å². The predicted octanol–water partition coefficient (Wildman–Crippen LogP) is 2.97. The summed E-state index contributed by atoms with van der Waals surface area (Å²) < 4.78 is 13.3. The summed E-state index contributed by atoms with van der Waals surface area (Å²) in [6.45, 7) is 8.34. The quantitative estimate of drug-likeness (QED) is 0.725. The van der Waals surface area contributed by atoms with Crippen molar-refractivity contribution < 1.29 is 4.39 Å². The zero-order valence-electron chi connectivity index (χ0n) is 8.68. The highest BCUT2D eigenvalue weighted by Crippen LogP contribution is 2.17. The molecule has 0 saturated carbocycles. The number of aryl methyl sites for hydroxylation is 1. The summed E-state index contributed by atoms with van der Waals surface area (Å²) >= 11 is 0. The van der Waals surface area contributed by atoms with Crippen LogP contribution in [0.4, 0.5) is 4.39 Å². The highest BCUT2D eigenvalue weighted by atomic mass is 19.1. The van der Waals surface area contributed by atoms with E-state index in [-0.39, 0.29) is 11.9 Å². The molecule has 0 amide bonds. The number of likely N-dealkylation sites (N-methyl/N-ethyl adjacent to an activating group) is 1. The van der Waals surface area contributed by atoms with Gasteiger partial charge in [0.25, 0.3) is 0 Å². The Morgan fingerprint density at radius 1 is 1.57 bits per heavy atom. The minimum Gasteiger partial charge on any atom is -0.307 e. The van der Waals surface area contributed by atoms with E-state index in [9.17, 15) is 4.39 Å². The molecular weight excluding hydrogens is 177 g/mol. The summed E-state index contributed by atoms with van der Waals surface area (Å²) in [6.07, 6.45) is 1.79. The van der Waals surface area contributed by atoms with E-state index in [1.54, 1.807) is 25.1 Å². The lowest BCUT2D eigenvalue weighted by Crippen LogP contribution is -2.18. The van der Waals surface area contributed by atoms with E-state index in [0.29, 0.717) is 5.56 Å². The Kier molecular flexibility index (Phi) is 3.84. The van der Waals surface area contributed by atoms with Crippen LogP contribution < -0.4 is 5.32 Å². The number of benzene rings is 1. The Morgan fingerprint density at radius 2 is 2.29 bits per heavy atom. The summed E-state index contributed by atoms with van der Waals surface area (Å²) in [4.78, 5) is 0. The molecule has 0 fully saturated rings. The lowest BCUT2D eigenvalue weighted by Gasteiger charge is -2.14. The van der Waals surface area contributed by atoms with Gasteiger partial charge in [0.05, 0.1) is 6.04 Å². The van der Waals surface area contributed by atoms with Crippen LogP contribution in [-0.4, -0.2) is 6.54 Å². The van der Waals surface area contributed by atoms with Gasteiger partial charge in [0, 0.05) is 0 Å². The number of hydrogen-bond acceptors (Lipinski definition) is 1. The first-order valence-corrected chi connectivity index (χ1v) is 4.81. The molecule has 0 heterocycles. The summed E-state index contributed by atoms with van der Waals surface area (Å²) in [5.41, 5.74) is 1.60. The molecule has 0 saturated heterocycles. The average Bonchev–Trinajstić information content (AvgIpc) is 2.19. The maximum atomic E-state index is 13.3. The fraction of sp³-hybridized carbons (Fsp3) is 0.333. The second kappa shape index (κ2) is 4.91. The Hall–Kier alpha value is -1.15. The largest absolute Gasteiger partial charge is 0.307 e. The monoisotopic (exact) mass is 193 g/mol. The Bertz CT molecular complexity index is 320. The minimum absolute atomic E-state index is 0.0371. The number of halogens is 1. The van der Waals surface area contributed by atoms with Crippen LogP contribution in [0.3, 0.4) is 0 Å². The highest BCUT2D eigenvalue weighted by molar-refractivity contribution is 5.27. The molecule has 0 aliphatic carbocycles. The summed E-state index contributed by atoms with van der Waals surface area (Å²) in [5.74, 6) is -0.160. The van der Waals surface area contributed by atoms with Crippen molar-refractivity contribution in [3.8, 4) is 0 Å². The minimum atomic E-state index is -0.160. The van der Waals surface area contributed by atoms with Gasteiger partial charge in [0.2, 0.25) is 0 Å². The normalized spacial score (nSPS) is 12.5. The Balaban J connectivity index is 2.93. The van der Waals surface area contributed by atoms with E-state index in [0.717, 1.165) is 12.1 Å². The second-order valence-electron chi connectivity index (χ2n) is 3.28. The molecule has 0 radical (unpaired) electrons. The van der Waals surface area contributed by atoms with Gasteiger partial charge in [-0.15, -0.1) is 6.58 Å². The molecule has 0 aliphatic rings. The van der Waals surface area contributed by atoms with Gasteiger partial charge in [-0.25, -0.2) is 4.39 Å². The zero-order chi connectivity index (χ0) is 10.6. The Morgan fingerprint density at radius 3 is 2.79 bits per heavy atom. The molecule has 1 N–H and O–H groups in total. The first-order valence-electron chi connectivity index (χ1n) is 4.81. The van der Waals surface area contributed by atoms with E-state index in [4.69, 9.17) is 0 Å². The van der Waals surface area contributed by atoms with Crippen molar-refractivity contribution in [1.29, 1.82) is 0 Å². The molecule has 1 aromatic carbocycles. The van der Waals surface area contributed by atoms with Crippen LogP contribution in [0.15, 0.2) is 30.9 Å². The molecule has 2 heteroatoms. The van der Waals surface area contributed by atoms with E-state index < -0.39 is 0 Å². The maximum Gasteiger partial charge on any atom is 0.126 e. The molecule has 0 aromatic heterocycles. The van der Waals surface area contributed by atoms with Gasteiger partial charge in [0.15, 0.2) is 0 Å². The molecule has 14 heavy (non-hydrogen) atoms. The lowest BCUT2D eigenvalue weighted by molar-refractivity contribution is 0.603. The van der Waals surface area contributed by atoms with E-state index in [2.05, 4.69) is 11.9 Å². The number of hydrogen-bond donors (Lipinski definition) is 1. The van der Waals surface area contributed by atoms with Gasteiger partial charge in [-0.2, -0.15) is 0 Å². The fourth-order valence-corrected chi connectivity index (χ4v) is 1.36. The van der Waals surface area contributed by atoms with Crippen LogP contribution in [0.1, 0.15) is 24.1 Å². The van der Waals surface area contributed by atoms with Gasteiger partial charge in [0.1, 0.15) is 5.82 Å². The molecule has 1 aromatic rings. The van der Waals surface area contributed by atoms with Crippen molar-refractivity contribution >= 4 is 0 Å². The molecule has 0 spiro atoms. The van der Waals surface area contributed by atoms with Crippen LogP contribution in [-0.2, 0) is 0 Å². The summed E-state index contributed by atoms with van der Waals surface area (Å²) in [7, 11) is 0. The lowest BCUT2D eigenvalue weighted by atomic mass is 10.0. The molecule has 1 nitrogen and oxygen atoms in total. The molecule has 1 rings (SSSR count). The van der Waals surface area contributed by atoms with Gasteiger partial charge < -0.3 is 5.32 Å². The smallest absolute Gasteiger partial charge is 0.126 e. The van der Waals surface area contributed by atoms with Crippen molar-refractivity contribution in [1.82, 2.24) is 5.32 Å². The van der Waals surface area contributed by atoms with Crippen LogP contribution in [0, 0.1) is 12.7 Å². The van der Waals surface area contributed by atoms with Crippen LogP contribution in [0.5, 0.6) is 0 Å². The van der Waals surface area contributed by atoms with Crippen LogP contribution >= 0.6 is 0 Å². The average molecular weight is 193 g/mol. The second-order valence-corrected chi connectivity index (χ2v) is 3.28. The molecule has 0 aliphatic heterocycles. The van der Waals surface area contributed by atoms with Crippen molar-refractivity contribution in [2.24, 2.45) is 0 Å². The molecular formula is C12H16FN. The topological polar surface area (TPSA) is 12.0 Å². The standard InChI is InChI=1S/C12H16FN/c1-4-12(14-5-2)10-7-6-9(3)11(13)8-10/h4,6-8,12,14H,1,5H2,2-3H3. The van der Waals surface area contributed by atoms with E-state index in [1.165, 1.54) is 0 Å². The van der Waals surface area contributed by atoms with Gasteiger partial charge in [-0.05, 0) is 30.7 Å². The summed E-state index contributed by atoms with van der Waals surface area (Å²) in [6, 6.07) is 5.31. The molecule has 1 unspecified atom stereocenters. The fourth-order valence-electron chi connectivity index (χ4n) is 1.36. The van der Waals surface area contributed by atoms with Crippen molar-refractivity contribution in [3.63, 3.8) is 0 Å². The van der Waals surface area contributed by atoms with Crippen LogP contribution in [0.2, 0.25) is 0 Å². The highest BCUT2D eigenvalue weighted by Gasteiger charge is 2.07. The van der Waals surface area contributed by atoms with Crippen LogP contribution in [0.25, 0.3) is 0 Å². The van der Waals surface area contributed by atoms with Gasteiger partial charge in [-0.3, -0.25) is 0 Å². The first kappa shape index (κ1) is 10.9. The summed E-state index contributed by atoms with van der Waals surface area (Å²) in [5, 5.41) is 3.21. The SMILES string of the molecule is C=CC(NCC)c1ccc(C)c(F)c1. The first-order chi connectivity index (χ1) is 6.69. The van der Waals surface area contributed by atoms with E-state index in [1.807, 2.05) is 13.0 Å². The number of nitrogens with one attached hydrogen (secondary N) is 1. The molecule has 1 atom stereocenters. The molecule has 0 bridgehead atoms. The third-order valence-corrected chi connectivity index (χ3v) is 2.21. The third kappa shape index (κ3) is 2.42. The number of rotatable bonds is 4. The van der Waals surface area contributed by atoms with Gasteiger partial charge >= 0.3 is 0 Å². The Labute approximate surface area is 84.6 Å². The maximum absolute atomic E-state index is 13.3. The zero-order valence-corrected chi connectivity index (χ0v) is 8.68. The van der Waals surface area contributed by atoms with Crippen molar-refractivity contribution in [3.05, 3.63) is 47.8 Å². The van der Waals surface area contributed by atoms with Crippen molar-refractivity contribution in [2.45, 2.75) is 19.9 Å². The predicted molar refractivity (Wildman–Crippen MR) is 57.8 cm³/mol.